The van der Waals surface area contributed by atoms with E-state index in [2.05, 4.69) is 27.3 Å². The molecule has 1 N–H and O–H groups in total. The van der Waals surface area contributed by atoms with Crippen LogP contribution in [0.3, 0.4) is 0 Å². The summed E-state index contributed by atoms with van der Waals surface area (Å²) < 4.78 is 5.73. The van der Waals surface area contributed by atoms with Crippen LogP contribution in [0.15, 0.2) is 36.0 Å². The van der Waals surface area contributed by atoms with Gasteiger partial charge < -0.3 is 15.0 Å². The van der Waals surface area contributed by atoms with E-state index in [-0.39, 0.29) is 0 Å². The van der Waals surface area contributed by atoms with Crippen LogP contribution in [-0.2, 0) is 6.61 Å². The van der Waals surface area contributed by atoms with Crippen molar-refractivity contribution in [1.29, 1.82) is 0 Å². The van der Waals surface area contributed by atoms with Gasteiger partial charge in [-0.1, -0.05) is 0 Å². The van der Waals surface area contributed by atoms with Gasteiger partial charge in [0.25, 0.3) is 0 Å². The van der Waals surface area contributed by atoms with Crippen LogP contribution < -0.4 is 15.0 Å². The number of thiazole rings is 1. The van der Waals surface area contributed by atoms with Crippen LogP contribution in [0.25, 0.3) is 0 Å². The SMILES string of the molecule is c1ncc(COc2ccc(N3CCNCC3)cc2)s1. The summed E-state index contributed by atoms with van der Waals surface area (Å²) in [6.07, 6.45) is 1.85. The Kier molecular flexibility index (Phi) is 3.95. The molecule has 5 heteroatoms. The highest BCUT2D eigenvalue weighted by molar-refractivity contribution is 7.09. The lowest BCUT2D eigenvalue weighted by molar-refractivity contribution is 0.309. The molecular formula is C14H17N3OS. The number of nitrogens with zero attached hydrogens (tertiary/aromatic N) is 2. The van der Waals surface area contributed by atoms with Gasteiger partial charge in [-0.3, -0.25) is 4.98 Å². The van der Waals surface area contributed by atoms with Gasteiger partial charge in [-0.2, -0.15) is 0 Å². The molecule has 19 heavy (non-hydrogen) atoms. The minimum absolute atomic E-state index is 0.595. The van der Waals surface area contributed by atoms with Crippen molar-refractivity contribution in [1.82, 2.24) is 10.3 Å². The topological polar surface area (TPSA) is 37.4 Å². The number of aromatic nitrogens is 1. The summed E-state index contributed by atoms with van der Waals surface area (Å²) in [6.45, 7) is 4.85. The molecular weight excluding hydrogens is 258 g/mol. The predicted octanol–water partition coefficient (Wildman–Crippen LogP) is 2.13. The molecule has 0 bridgehead atoms. The normalized spacial score (nSPS) is 15.5. The fourth-order valence-corrected chi connectivity index (χ4v) is 2.65. The number of ether oxygens (including phenoxy) is 1. The number of hydrogen-bond donors (Lipinski definition) is 1. The Morgan fingerprint density at radius 3 is 2.68 bits per heavy atom. The summed E-state index contributed by atoms with van der Waals surface area (Å²) in [5.74, 6) is 0.910. The van der Waals surface area contributed by atoms with Gasteiger partial charge in [0, 0.05) is 38.1 Å². The third-order valence-corrected chi connectivity index (χ3v) is 3.94. The van der Waals surface area contributed by atoms with Gasteiger partial charge >= 0.3 is 0 Å². The summed E-state index contributed by atoms with van der Waals surface area (Å²) in [4.78, 5) is 7.57. The number of nitrogens with one attached hydrogen (secondary N) is 1. The van der Waals surface area contributed by atoms with Crippen molar-refractivity contribution < 1.29 is 4.74 Å². The first-order chi connectivity index (χ1) is 9.42. The van der Waals surface area contributed by atoms with Crippen molar-refractivity contribution >= 4 is 17.0 Å². The van der Waals surface area contributed by atoms with Gasteiger partial charge in [-0.05, 0) is 24.3 Å². The fraction of sp³-hybridized carbons (Fsp3) is 0.357. The minimum Gasteiger partial charge on any atom is -0.488 e. The lowest BCUT2D eigenvalue weighted by Crippen LogP contribution is -2.43. The highest BCUT2D eigenvalue weighted by Gasteiger charge is 2.09. The molecule has 4 nitrogen and oxygen atoms in total. The largest absolute Gasteiger partial charge is 0.488 e. The molecule has 1 saturated heterocycles. The molecule has 1 aromatic heterocycles. The summed E-state index contributed by atoms with van der Waals surface area (Å²) in [6, 6.07) is 8.34. The summed E-state index contributed by atoms with van der Waals surface area (Å²) in [7, 11) is 0. The molecule has 0 saturated carbocycles. The zero-order chi connectivity index (χ0) is 12.9. The maximum Gasteiger partial charge on any atom is 0.124 e. The molecule has 0 aliphatic carbocycles. The van der Waals surface area contributed by atoms with Crippen molar-refractivity contribution in [3.05, 3.63) is 40.8 Å². The molecule has 2 aromatic rings. The molecule has 0 atom stereocenters. The zero-order valence-electron chi connectivity index (χ0n) is 10.7. The van der Waals surface area contributed by atoms with Crippen LogP contribution in [0.4, 0.5) is 5.69 Å². The zero-order valence-corrected chi connectivity index (χ0v) is 11.5. The van der Waals surface area contributed by atoms with E-state index in [0.717, 1.165) is 36.8 Å². The second-order valence-electron chi connectivity index (χ2n) is 4.49. The first-order valence-corrected chi connectivity index (χ1v) is 7.36. The lowest BCUT2D eigenvalue weighted by Gasteiger charge is -2.29. The standard InChI is InChI=1S/C14H17N3OS/c1-3-13(18-10-14-9-16-11-19-14)4-2-12(1)17-7-5-15-6-8-17/h1-4,9,11,15H,5-8,10H2. The van der Waals surface area contributed by atoms with Gasteiger partial charge in [0.2, 0.25) is 0 Å². The van der Waals surface area contributed by atoms with Gasteiger partial charge in [-0.15, -0.1) is 11.3 Å². The Bertz CT molecular complexity index is 492. The van der Waals surface area contributed by atoms with Crippen LogP contribution in [0.2, 0.25) is 0 Å². The van der Waals surface area contributed by atoms with Gasteiger partial charge in [-0.25, -0.2) is 0 Å². The second kappa shape index (κ2) is 6.04. The van der Waals surface area contributed by atoms with Crippen molar-refractivity contribution in [3.8, 4) is 5.75 Å². The lowest BCUT2D eigenvalue weighted by atomic mass is 10.2. The molecule has 0 unspecified atom stereocenters. The van der Waals surface area contributed by atoms with E-state index in [1.165, 1.54) is 5.69 Å². The van der Waals surface area contributed by atoms with E-state index >= 15 is 0 Å². The van der Waals surface area contributed by atoms with E-state index in [1.807, 2.05) is 23.8 Å². The van der Waals surface area contributed by atoms with E-state index < -0.39 is 0 Å². The van der Waals surface area contributed by atoms with Crippen LogP contribution in [0.5, 0.6) is 5.75 Å². The average molecular weight is 275 g/mol. The summed E-state index contributed by atoms with van der Waals surface area (Å²) >= 11 is 1.62. The third kappa shape index (κ3) is 3.24. The van der Waals surface area contributed by atoms with Crippen LogP contribution >= 0.6 is 11.3 Å². The first-order valence-electron chi connectivity index (χ1n) is 6.48. The molecule has 0 spiro atoms. The quantitative estimate of drug-likeness (QED) is 0.927. The van der Waals surface area contributed by atoms with Crippen molar-refractivity contribution in [2.75, 3.05) is 31.1 Å². The van der Waals surface area contributed by atoms with Crippen molar-refractivity contribution in [2.24, 2.45) is 0 Å². The van der Waals surface area contributed by atoms with Crippen LogP contribution in [0.1, 0.15) is 4.88 Å². The van der Waals surface area contributed by atoms with Crippen molar-refractivity contribution in [3.63, 3.8) is 0 Å². The maximum atomic E-state index is 5.73. The number of piperazine rings is 1. The first kappa shape index (κ1) is 12.4. The molecule has 1 fully saturated rings. The van der Waals surface area contributed by atoms with E-state index in [1.54, 1.807) is 11.3 Å². The molecule has 1 aliphatic heterocycles. The van der Waals surface area contributed by atoms with E-state index in [9.17, 15) is 0 Å². The minimum atomic E-state index is 0.595. The van der Waals surface area contributed by atoms with Crippen LogP contribution in [-0.4, -0.2) is 31.2 Å². The average Bonchev–Trinajstić information content (AvgIpc) is 3.00. The maximum absolute atomic E-state index is 5.73. The Hall–Kier alpha value is -1.59. The van der Waals surface area contributed by atoms with Gasteiger partial charge in [0.05, 0.1) is 10.4 Å². The Balaban J connectivity index is 1.58. The molecule has 2 heterocycles. The Labute approximate surface area is 117 Å². The molecule has 3 rings (SSSR count). The summed E-state index contributed by atoms with van der Waals surface area (Å²) in [5, 5.41) is 3.36. The molecule has 1 aliphatic rings. The highest BCUT2D eigenvalue weighted by Crippen LogP contribution is 2.21. The fourth-order valence-electron chi connectivity index (χ4n) is 2.14. The Morgan fingerprint density at radius 2 is 2.00 bits per heavy atom. The number of anilines is 1. The van der Waals surface area contributed by atoms with Gasteiger partial charge in [0.15, 0.2) is 0 Å². The van der Waals surface area contributed by atoms with E-state index in [4.69, 9.17) is 4.74 Å². The molecule has 0 amide bonds. The number of hydrogen-bond acceptors (Lipinski definition) is 5. The Morgan fingerprint density at radius 1 is 1.21 bits per heavy atom. The second-order valence-corrected chi connectivity index (χ2v) is 5.46. The van der Waals surface area contributed by atoms with Crippen LogP contribution in [0, 0.1) is 0 Å². The van der Waals surface area contributed by atoms with E-state index in [0.29, 0.717) is 6.61 Å². The monoisotopic (exact) mass is 275 g/mol. The molecule has 0 radical (unpaired) electrons. The smallest absolute Gasteiger partial charge is 0.124 e. The number of rotatable bonds is 4. The highest BCUT2D eigenvalue weighted by atomic mass is 32.1. The predicted molar refractivity (Wildman–Crippen MR) is 78.0 cm³/mol. The van der Waals surface area contributed by atoms with Gasteiger partial charge in [0.1, 0.15) is 12.4 Å². The third-order valence-electron chi connectivity index (χ3n) is 3.18. The molecule has 1 aromatic carbocycles. The molecule has 100 valence electrons. The van der Waals surface area contributed by atoms with Crippen molar-refractivity contribution in [2.45, 2.75) is 6.61 Å². The summed E-state index contributed by atoms with van der Waals surface area (Å²) in [5.41, 5.74) is 3.10. The number of benzene rings is 1.